The second-order valence-electron chi connectivity index (χ2n) is 7.85. The number of hydrogen-bond acceptors (Lipinski definition) is 5. The summed E-state index contributed by atoms with van der Waals surface area (Å²) in [5.74, 6) is 0.768. The van der Waals surface area contributed by atoms with Gasteiger partial charge in [0.1, 0.15) is 18.5 Å². The fourth-order valence-electron chi connectivity index (χ4n) is 3.96. The monoisotopic (exact) mass is 414 g/mol. The van der Waals surface area contributed by atoms with Gasteiger partial charge >= 0.3 is 0 Å². The molecule has 2 atom stereocenters. The Kier molecular flexibility index (Phi) is 5.38. The highest BCUT2D eigenvalue weighted by molar-refractivity contribution is 7.86. The molecular weight excluding hydrogens is 388 g/mol. The van der Waals surface area contributed by atoms with E-state index in [1.54, 1.807) is 0 Å². The van der Waals surface area contributed by atoms with Crippen molar-refractivity contribution in [1.29, 1.82) is 0 Å². The van der Waals surface area contributed by atoms with Gasteiger partial charge in [0.05, 0.1) is 11.9 Å². The molecule has 1 aliphatic rings. The summed E-state index contributed by atoms with van der Waals surface area (Å²) in [5.41, 5.74) is 4.01. The number of hydrogen-bond donors (Lipinski definition) is 1. The standard InChI is InChI=1S/C22H26N2O4S/c1-24(2)16-11-19-18-10-9-17(27-14-15-7-5-4-6-8-15)13-20(18)23-22(19)21(12-16)28-29(3,25)26/h4-10,13,16,21,23H,11-12,14H2,1-3H3. The van der Waals surface area contributed by atoms with Crippen molar-refractivity contribution in [2.24, 2.45) is 0 Å². The summed E-state index contributed by atoms with van der Waals surface area (Å²) in [6, 6.07) is 16.2. The number of ether oxygens (including phenoxy) is 1. The average Bonchev–Trinajstić information content (AvgIpc) is 3.04. The van der Waals surface area contributed by atoms with Gasteiger partial charge in [-0.25, -0.2) is 0 Å². The third-order valence-electron chi connectivity index (χ3n) is 5.43. The van der Waals surface area contributed by atoms with Crippen LogP contribution < -0.4 is 4.74 Å². The first-order valence-electron chi connectivity index (χ1n) is 9.66. The zero-order valence-corrected chi connectivity index (χ0v) is 17.7. The van der Waals surface area contributed by atoms with Gasteiger partial charge in [0.15, 0.2) is 0 Å². The Hall–Kier alpha value is -2.35. The smallest absolute Gasteiger partial charge is 0.265 e. The summed E-state index contributed by atoms with van der Waals surface area (Å²) in [4.78, 5) is 5.52. The Balaban J connectivity index is 1.65. The quantitative estimate of drug-likeness (QED) is 0.624. The minimum absolute atomic E-state index is 0.210. The molecule has 4 rings (SSSR count). The molecule has 29 heavy (non-hydrogen) atoms. The first-order chi connectivity index (χ1) is 13.8. The predicted molar refractivity (Wildman–Crippen MR) is 114 cm³/mol. The lowest BCUT2D eigenvalue weighted by atomic mass is 9.89. The number of likely N-dealkylation sites (N-methyl/N-ethyl adjacent to an activating group) is 1. The molecule has 0 radical (unpaired) electrons. The highest BCUT2D eigenvalue weighted by atomic mass is 32.2. The van der Waals surface area contributed by atoms with Crippen molar-refractivity contribution in [3.05, 3.63) is 65.4 Å². The topological polar surface area (TPSA) is 71.6 Å². The van der Waals surface area contributed by atoms with Gasteiger partial charge in [0, 0.05) is 23.0 Å². The van der Waals surface area contributed by atoms with Crippen LogP contribution in [0.5, 0.6) is 5.75 Å². The summed E-state index contributed by atoms with van der Waals surface area (Å²) in [7, 11) is 0.459. The van der Waals surface area contributed by atoms with Crippen molar-refractivity contribution in [1.82, 2.24) is 9.88 Å². The number of fused-ring (bicyclic) bond motifs is 3. The van der Waals surface area contributed by atoms with Gasteiger partial charge in [0.25, 0.3) is 10.1 Å². The molecule has 0 aliphatic heterocycles. The van der Waals surface area contributed by atoms with E-state index in [0.717, 1.165) is 46.1 Å². The molecule has 0 bridgehead atoms. The lowest BCUT2D eigenvalue weighted by molar-refractivity contribution is 0.136. The maximum absolute atomic E-state index is 11.8. The third kappa shape index (κ3) is 4.47. The number of benzene rings is 2. The van der Waals surface area contributed by atoms with E-state index in [1.807, 2.05) is 62.6 Å². The number of H-pyrrole nitrogens is 1. The van der Waals surface area contributed by atoms with Crippen LogP contribution in [0.15, 0.2) is 48.5 Å². The van der Waals surface area contributed by atoms with E-state index in [9.17, 15) is 8.42 Å². The summed E-state index contributed by atoms with van der Waals surface area (Å²) in [6.45, 7) is 0.495. The maximum Gasteiger partial charge on any atom is 0.265 e. The van der Waals surface area contributed by atoms with E-state index >= 15 is 0 Å². The van der Waals surface area contributed by atoms with Crippen molar-refractivity contribution in [2.75, 3.05) is 20.4 Å². The van der Waals surface area contributed by atoms with Crippen LogP contribution in [0.25, 0.3) is 10.9 Å². The van der Waals surface area contributed by atoms with Crippen molar-refractivity contribution in [3.63, 3.8) is 0 Å². The molecule has 0 saturated heterocycles. The Bertz CT molecular complexity index is 1110. The first-order valence-corrected chi connectivity index (χ1v) is 11.5. The maximum atomic E-state index is 11.8. The Morgan fingerprint density at radius 1 is 1.14 bits per heavy atom. The van der Waals surface area contributed by atoms with E-state index < -0.39 is 16.2 Å². The molecule has 1 heterocycles. The molecule has 2 unspecified atom stereocenters. The Labute approximate surface area is 171 Å². The van der Waals surface area contributed by atoms with Crippen molar-refractivity contribution < 1.29 is 17.3 Å². The summed E-state index contributed by atoms with van der Waals surface area (Å²) < 4.78 is 35.0. The normalized spacial score (nSPS) is 19.4. The molecule has 3 aromatic rings. The van der Waals surface area contributed by atoms with Gasteiger partial charge < -0.3 is 14.6 Å². The van der Waals surface area contributed by atoms with Crippen LogP contribution in [0.3, 0.4) is 0 Å². The van der Waals surface area contributed by atoms with Crippen LogP contribution >= 0.6 is 0 Å². The van der Waals surface area contributed by atoms with Crippen molar-refractivity contribution in [3.8, 4) is 5.75 Å². The first kappa shape index (κ1) is 19.9. The second kappa shape index (κ2) is 7.82. The third-order valence-corrected chi connectivity index (χ3v) is 6.01. The zero-order valence-electron chi connectivity index (χ0n) is 16.9. The van der Waals surface area contributed by atoms with Crippen LogP contribution in [0, 0.1) is 0 Å². The van der Waals surface area contributed by atoms with Gasteiger partial charge in [-0.05, 0) is 50.2 Å². The fourth-order valence-corrected chi connectivity index (χ4v) is 4.55. The predicted octanol–water partition coefficient (Wildman–Crippen LogP) is 3.64. The number of nitrogens with one attached hydrogen (secondary N) is 1. The molecule has 0 amide bonds. The second-order valence-corrected chi connectivity index (χ2v) is 9.45. The summed E-state index contributed by atoms with van der Waals surface area (Å²) >= 11 is 0. The van der Waals surface area contributed by atoms with E-state index in [-0.39, 0.29) is 6.04 Å². The minimum atomic E-state index is -3.56. The van der Waals surface area contributed by atoms with E-state index in [0.29, 0.717) is 13.0 Å². The number of rotatable bonds is 6. The average molecular weight is 415 g/mol. The largest absolute Gasteiger partial charge is 0.489 e. The van der Waals surface area contributed by atoms with E-state index in [2.05, 4.69) is 9.88 Å². The fraction of sp³-hybridized carbons (Fsp3) is 0.364. The van der Waals surface area contributed by atoms with Crippen LogP contribution in [-0.4, -0.2) is 44.7 Å². The van der Waals surface area contributed by atoms with E-state index in [1.165, 1.54) is 0 Å². The molecule has 0 fully saturated rings. The van der Waals surface area contributed by atoms with Gasteiger partial charge in [-0.15, -0.1) is 0 Å². The summed E-state index contributed by atoms with van der Waals surface area (Å²) in [5, 5.41) is 1.08. The number of aromatic amines is 1. The molecule has 154 valence electrons. The number of nitrogens with zero attached hydrogens (tertiary/aromatic N) is 1. The minimum Gasteiger partial charge on any atom is -0.489 e. The zero-order chi connectivity index (χ0) is 20.6. The van der Waals surface area contributed by atoms with Crippen molar-refractivity contribution in [2.45, 2.75) is 31.6 Å². The van der Waals surface area contributed by atoms with Crippen LogP contribution in [0.4, 0.5) is 0 Å². The Morgan fingerprint density at radius 2 is 1.90 bits per heavy atom. The van der Waals surface area contributed by atoms with Gasteiger partial charge in [-0.2, -0.15) is 8.42 Å². The van der Waals surface area contributed by atoms with Gasteiger partial charge in [-0.3, -0.25) is 4.18 Å². The highest BCUT2D eigenvalue weighted by Crippen LogP contribution is 2.39. The Morgan fingerprint density at radius 3 is 2.59 bits per heavy atom. The molecule has 0 spiro atoms. The van der Waals surface area contributed by atoms with Crippen LogP contribution in [0.1, 0.15) is 29.3 Å². The molecule has 1 aliphatic carbocycles. The molecular formula is C22H26N2O4S. The molecule has 2 aromatic carbocycles. The van der Waals surface area contributed by atoms with Gasteiger partial charge in [0.2, 0.25) is 0 Å². The molecule has 6 nitrogen and oxygen atoms in total. The molecule has 1 N–H and O–H groups in total. The summed E-state index contributed by atoms with van der Waals surface area (Å²) in [6.07, 6.45) is 2.06. The molecule has 1 aromatic heterocycles. The lowest BCUT2D eigenvalue weighted by Crippen LogP contribution is -2.36. The van der Waals surface area contributed by atoms with Crippen LogP contribution in [-0.2, 0) is 27.3 Å². The van der Waals surface area contributed by atoms with Gasteiger partial charge in [-0.1, -0.05) is 30.3 Å². The van der Waals surface area contributed by atoms with E-state index in [4.69, 9.17) is 8.92 Å². The number of aromatic nitrogens is 1. The van der Waals surface area contributed by atoms with Crippen LogP contribution in [0.2, 0.25) is 0 Å². The molecule has 7 heteroatoms. The van der Waals surface area contributed by atoms with Crippen molar-refractivity contribution >= 4 is 21.0 Å². The molecule has 0 saturated carbocycles. The lowest BCUT2D eigenvalue weighted by Gasteiger charge is -2.32. The SMILES string of the molecule is CN(C)C1Cc2c([nH]c3cc(OCc4ccccc4)ccc23)C(OS(C)(=O)=O)C1. The highest BCUT2D eigenvalue weighted by Gasteiger charge is 2.33.